The summed E-state index contributed by atoms with van der Waals surface area (Å²) in [6.45, 7) is 3.87. The molecule has 0 aliphatic heterocycles. The topological polar surface area (TPSA) is 53.1 Å². The van der Waals surface area contributed by atoms with Crippen molar-refractivity contribution in [3.63, 3.8) is 0 Å². The zero-order valence-corrected chi connectivity index (χ0v) is 12.0. The third-order valence-corrected chi connectivity index (χ3v) is 3.25. The second-order valence-electron chi connectivity index (χ2n) is 4.99. The molecule has 0 amide bonds. The van der Waals surface area contributed by atoms with Gasteiger partial charge in [-0.15, -0.1) is 0 Å². The summed E-state index contributed by atoms with van der Waals surface area (Å²) in [6.07, 6.45) is 3.86. The molecule has 2 unspecified atom stereocenters. The van der Waals surface area contributed by atoms with E-state index in [1.807, 2.05) is 27.1 Å². The number of benzene rings is 1. The molecule has 0 aliphatic carbocycles. The fourth-order valence-corrected chi connectivity index (χ4v) is 2.04. The Kier molecular flexibility index (Phi) is 4.39. The van der Waals surface area contributed by atoms with E-state index in [-0.39, 0.29) is 17.6 Å². The van der Waals surface area contributed by atoms with Crippen molar-refractivity contribution in [1.82, 2.24) is 9.78 Å². The smallest absolute Gasteiger partial charge is 0.165 e. The minimum atomic E-state index is -0.412. The second kappa shape index (κ2) is 6.05. The van der Waals surface area contributed by atoms with E-state index >= 15 is 0 Å². The van der Waals surface area contributed by atoms with Gasteiger partial charge in [-0.1, -0.05) is 13.0 Å². The second-order valence-corrected chi connectivity index (χ2v) is 4.99. The molecule has 1 aromatic heterocycles. The maximum atomic E-state index is 13.8. The predicted octanol–water partition coefficient (Wildman–Crippen LogP) is 2.73. The van der Waals surface area contributed by atoms with Gasteiger partial charge in [0.15, 0.2) is 11.6 Å². The van der Waals surface area contributed by atoms with Gasteiger partial charge in [-0.3, -0.25) is 4.68 Å². The molecular weight excluding hydrogens is 257 g/mol. The fraction of sp³-hybridized carbons (Fsp3) is 0.400. The summed E-state index contributed by atoms with van der Waals surface area (Å²) in [6, 6.07) is 4.57. The molecule has 0 saturated carbocycles. The minimum Gasteiger partial charge on any atom is -0.481 e. The lowest BCUT2D eigenvalue weighted by Crippen LogP contribution is -2.31. The molecule has 0 saturated heterocycles. The predicted molar refractivity (Wildman–Crippen MR) is 76.0 cm³/mol. The summed E-state index contributed by atoms with van der Waals surface area (Å²) >= 11 is 0. The molecule has 2 rings (SSSR count). The molecule has 0 bridgehead atoms. The molecular formula is C15H20FN3O. The van der Waals surface area contributed by atoms with Gasteiger partial charge in [-0.25, -0.2) is 4.39 Å². The Hall–Kier alpha value is -1.88. The Morgan fingerprint density at radius 3 is 2.80 bits per heavy atom. The summed E-state index contributed by atoms with van der Waals surface area (Å²) in [5, 5.41) is 4.12. The number of rotatable bonds is 5. The quantitative estimate of drug-likeness (QED) is 0.914. The van der Waals surface area contributed by atoms with Crippen LogP contribution in [0.5, 0.6) is 5.75 Å². The number of nitrogens with two attached hydrogens (primary N) is 1. The third kappa shape index (κ3) is 3.17. The Balaban J connectivity index is 2.30. The van der Waals surface area contributed by atoms with Crippen molar-refractivity contribution in [2.24, 2.45) is 12.8 Å². The van der Waals surface area contributed by atoms with Gasteiger partial charge in [0.25, 0.3) is 0 Å². The van der Waals surface area contributed by atoms with Crippen molar-refractivity contribution in [2.45, 2.75) is 32.4 Å². The van der Waals surface area contributed by atoms with Gasteiger partial charge in [0.1, 0.15) is 6.10 Å². The molecule has 108 valence electrons. The van der Waals surface area contributed by atoms with E-state index < -0.39 is 6.10 Å². The molecule has 0 fully saturated rings. The van der Waals surface area contributed by atoms with Crippen LogP contribution < -0.4 is 10.5 Å². The van der Waals surface area contributed by atoms with Crippen molar-refractivity contribution < 1.29 is 9.13 Å². The highest BCUT2D eigenvalue weighted by atomic mass is 19.1. The van der Waals surface area contributed by atoms with Gasteiger partial charge in [0, 0.05) is 24.8 Å². The van der Waals surface area contributed by atoms with Gasteiger partial charge in [-0.05, 0) is 31.0 Å². The van der Waals surface area contributed by atoms with Gasteiger partial charge >= 0.3 is 0 Å². The van der Waals surface area contributed by atoms with E-state index in [9.17, 15) is 4.39 Å². The number of halogens is 1. The summed E-state index contributed by atoms with van der Waals surface area (Å²) in [5.41, 5.74) is 7.90. The molecule has 20 heavy (non-hydrogen) atoms. The van der Waals surface area contributed by atoms with Crippen molar-refractivity contribution in [3.05, 3.63) is 47.5 Å². The SMILES string of the molecule is CCC(N)C(Oc1cc(C)ccc1F)c1cnn(C)c1. The lowest BCUT2D eigenvalue weighted by Gasteiger charge is -2.23. The Morgan fingerprint density at radius 2 is 2.20 bits per heavy atom. The van der Waals surface area contributed by atoms with Crippen molar-refractivity contribution in [1.29, 1.82) is 0 Å². The third-order valence-electron chi connectivity index (χ3n) is 3.25. The zero-order chi connectivity index (χ0) is 14.7. The molecule has 1 aromatic carbocycles. The monoisotopic (exact) mass is 277 g/mol. The van der Waals surface area contributed by atoms with Crippen LogP contribution in [-0.4, -0.2) is 15.8 Å². The first-order valence-electron chi connectivity index (χ1n) is 6.68. The molecule has 0 spiro atoms. The van der Waals surface area contributed by atoms with Crippen LogP contribution in [0.4, 0.5) is 4.39 Å². The van der Waals surface area contributed by atoms with Crippen molar-refractivity contribution in [3.8, 4) is 5.75 Å². The lowest BCUT2D eigenvalue weighted by molar-refractivity contribution is 0.163. The van der Waals surface area contributed by atoms with E-state index in [0.29, 0.717) is 0 Å². The van der Waals surface area contributed by atoms with E-state index in [4.69, 9.17) is 10.5 Å². The van der Waals surface area contributed by atoms with Crippen LogP contribution in [-0.2, 0) is 7.05 Å². The average Bonchev–Trinajstić information content (AvgIpc) is 2.85. The number of aromatic nitrogens is 2. The summed E-state index contributed by atoms with van der Waals surface area (Å²) in [5.74, 6) is -0.157. The van der Waals surface area contributed by atoms with E-state index in [1.54, 1.807) is 23.0 Å². The van der Waals surface area contributed by atoms with Crippen LogP contribution in [0.3, 0.4) is 0 Å². The maximum Gasteiger partial charge on any atom is 0.165 e. The molecule has 2 atom stereocenters. The Morgan fingerprint density at radius 1 is 1.45 bits per heavy atom. The standard InChI is InChI=1S/C15H20FN3O/c1-4-13(17)15(11-8-18-19(3)9-11)20-14-7-10(2)5-6-12(14)16/h5-9,13,15H,4,17H2,1-3H3. The highest BCUT2D eigenvalue weighted by molar-refractivity contribution is 5.30. The first kappa shape index (κ1) is 14.5. The maximum absolute atomic E-state index is 13.8. The van der Waals surface area contributed by atoms with Crippen LogP contribution >= 0.6 is 0 Å². The first-order chi connectivity index (χ1) is 9.51. The number of aryl methyl sites for hydroxylation is 2. The summed E-state index contributed by atoms with van der Waals surface area (Å²) in [7, 11) is 1.82. The number of hydrogen-bond acceptors (Lipinski definition) is 3. The highest BCUT2D eigenvalue weighted by Gasteiger charge is 2.23. The summed E-state index contributed by atoms with van der Waals surface area (Å²) < 4.78 is 21.3. The van der Waals surface area contributed by atoms with Gasteiger partial charge in [0.05, 0.1) is 6.20 Å². The molecule has 0 radical (unpaired) electrons. The molecule has 0 aliphatic rings. The molecule has 2 N–H and O–H groups in total. The number of ether oxygens (including phenoxy) is 1. The summed E-state index contributed by atoms with van der Waals surface area (Å²) in [4.78, 5) is 0. The van der Waals surface area contributed by atoms with Crippen LogP contribution in [0.25, 0.3) is 0 Å². The number of nitrogens with zero attached hydrogens (tertiary/aromatic N) is 2. The van der Waals surface area contributed by atoms with E-state index in [1.165, 1.54) is 6.07 Å². The molecule has 4 nitrogen and oxygen atoms in total. The highest BCUT2D eigenvalue weighted by Crippen LogP contribution is 2.28. The van der Waals surface area contributed by atoms with Crippen LogP contribution in [0.1, 0.15) is 30.6 Å². The number of hydrogen-bond donors (Lipinski definition) is 1. The zero-order valence-electron chi connectivity index (χ0n) is 12.0. The first-order valence-corrected chi connectivity index (χ1v) is 6.68. The Labute approximate surface area is 118 Å². The van der Waals surface area contributed by atoms with Gasteiger partial charge in [-0.2, -0.15) is 5.10 Å². The average molecular weight is 277 g/mol. The van der Waals surface area contributed by atoms with Gasteiger partial charge < -0.3 is 10.5 Å². The minimum absolute atomic E-state index is 0.223. The van der Waals surface area contributed by atoms with E-state index in [0.717, 1.165) is 17.5 Å². The lowest BCUT2D eigenvalue weighted by atomic mass is 10.0. The van der Waals surface area contributed by atoms with E-state index in [2.05, 4.69) is 5.10 Å². The van der Waals surface area contributed by atoms with Gasteiger partial charge in [0.2, 0.25) is 0 Å². The molecule has 1 heterocycles. The largest absolute Gasteiger partial charge is 0.481 e. The van der Waals surface area contributed by atoms with Crippen molar-refractivity contribution >= 4 is 0 Å². The van der Waals surface area contributed by atoms with Crippen LogP contribution in [0.15, 0.2) is 30.6 Å². The van der Waals surface area contributed by atoms with Crippen LogP contribution in [0.2, 0.25) is 0 Å². The van der Waals surface area contributed by atoms with Crippen molar-refractivity contribution in [2.75, 3.05) is 0 Å². The Bertz CT molecular complexity index is 582. The molecule has 5 heteroatoms. The molecule has 2 aromatic rings. The van der Waals surface area contributed by atoms with Crippen LogP contribution in [0, 0.1) is 12.7 Å². The fourth-order valence-electron chi connectivity index (χ4n) is 2.04. The normalized spacial score (nSPS) is 14.1.